The second-order valence-electron chi connectivity index (χ2n) is 6.86. The highest BCUT2D eigenvalue weighted by Crippen LogP contribution is 2.45. The molecule has 2 aromatic rings. The van der Waals surface area contributed by atoms with E-state index in [-0.39, 0.29) is 17.6 Å². The van der Waals surface area contributed by atoms with Crippen molar-refractivity contribution < 1.29 is 5.11 Å². The van der Waals surface area contributed by atoms with E-state index in [2.05, 4.69) is 39.5 Å². The van der Waals surface area contributed by atoms with Gasteiger partial charge in [0.25, 0.3) is 0 Å². The number of aliphatic hydroxyl groups is 1. The first-order valence-electron chi connectivity index (χ1n) is 7.87. The summed E-state index contributed by atoms with van der Waals surface area (Å²) in [7, 11) is 0. The molecule has 0 radical (unpaired) electrons. The van der Waals surface area contributed by atoms with Crippen molar-refractivity contribution in [1.82, 2.24) is 20.2 Å². The maximum Gasteiger partial charge on any atom is 0.246 e. The molecule has 2 aliphatic rings. The van der Waals surface area contributed by atoms with E-state index in [1.54, 1.807) is 0 Å². The normalized spacial score (nSPS) is 26.4. The number of aliphatic hydroxyl groups excluding tert-OH is 1. The second kappa shape index (κ2) is 4.78. The zero-order valence-corrected chi connectivity index (χ0v) is 12.8. The topological polar surface area (TPSA) is 67.1 Å². The van der Waals surface area contributed by atoms with Crippen LogP contribution in [0.15, 0.2) is 30.3 Å². The Bertz CT molecular complexity index is 666. The number of tetrazole rings is 1. The van der Waals surface area contributed by atoms with E-state index >= 15 is 0 Å². The molecular formula is C16H21N5O. The Kier molecular flexibility index (Phi) is 2.97. The lowest BCUT2D eigenvalue weighted by Gasteiger charge is -2.28. The number of hydrogen-bond acceptors (Lipinski definition) is 5. The number of hydrogen-bond donors (Lipinski definition) is 1. The van der Waals surface area contributed by atoms with Crippen LogP contribution in [-0.2, 0) is 11.0 Å². The van der Waals surface area contributed by atoms with Gasteiger partial charge in [0.05, 0.1) is 12.1 Å². The summed E-state index contributed by atoms with van der Waals surface area (Å²) in [5.41, 5.74) is 1.05. The average molecular weight is 299 g/mol. The van der Waals surface area contributed by atoms with E-state index in [1.807, 2.05) is 22.9 Å². The predicted octanol–water partition coefficient (Wildman–Crippen LogP) is 1.32. The van der Waals surface area contributed by atoms with Gasteiger partial charge in [-0.2, -0.15) is 0 Å². The van der Waals surface area contributed by atoms with E-state index in [0.717, 1.165) is 38.3 Å². The van der Waals surface area contributed by atoms with E-state index in [0.29, 0.717) is 0 Å². The summed E-state index contributed by atoms with van der Waals surface area (Å²) < 4.78 is 1.96. The van der Waals surface area contributed by atoms with Gasteiger partial charge in [-0.15, -0.1) is 0 Å². The zero-order valence-electron chi connectivity index (χ0n) is 12.8. The lowest BCUT2D eigenvalue weighted by Crippen LogP contribution is -2.36. The van der Waals surface area contributed by atoms with Crippen molar-refractivity contribution in [3.63, 3.8) is 0 Å². The standard InChI is InChI=1S/C16H21N5O/c1-15(7-8-15)21-14(17-18-19-21)20-10-9-16(11-20,12-22)13-5-3-2-4-6-13/h2-6,22H,7-12H2,1H3. The third-order valence-corrected chi connectivity index (χ3v) is 5.26. The van der Waals surface area contributed by atoms with Crippen LogP contribution in [0.5, 0.6) is 0 Å². The van der Waals surface area contributed by atoms with Crippen molar-refractivity contribution in [1.29, 1.82) is 0 Å². The molecule has 6 nitrogen and oxygen atoms in total. The smallest absolute Gasteiger partial charge is 0.246 e. The Morgan fingerprint density at radius 2 is 1.95 bits per heavy atom. The summed E-state index contributed by atoms with van der Waals surface area (Å²) in [6, 6.07) is 10.3. The van der Waals surface area contributed by atoms with Gasteiger partial charge in [-0.05, 0) is 42.2 Å². The molecule has 6 heteroatoms. The number of rotatable bonds is 4. The van der Waals surface area contributed by atoms with Crippen LogP contribution in [0.4, 0.5) is 5.95 Å². The highest BCUT2D eigenvalue weighted by Gasteiger charge is 2.46. The Morgan fingerprint density at radius 3 is 2.64 bits per heavy atom. The summed E-state index contributed by atoms with van der Waals surface area (Å²) in [4.78, 5) is 2.22. The Morgan fingerprint density at radius 1 is 1.18 bits per heavy atom. The molecule has 22 heavy (non-hydrogen) atoms. The third-order valence-electron chi connectivity index (χ3n) is 5.26. The van der Waals surface area contributed by atoms with Gasteiger partial charge in [-0.3, -0.25) is 0 Å². The van der Waals surface area contributed by atoms with Crippen LogP contribution in [0, 0.1) is 0 Å². The molecule has 1 saturated carbocycles. The van der Waals surface area contributed by atoms with Crippen LogP contribution >= 0.6 is 0 Å². The quantitative estimate of drug-likeness (QED) is 0.922. The first kappa shape index (κ1) is 13.7. The van der Waals surface area contributed by atoms with Crippen molar-refractivity contribution in [3.8, 4) is 0 Å². The molecule has 1 unspecified atom stereocenters. The van der Waals surface area contributed by atoms with Crippen molar-refractivity contribution in [2.24, 2.45) is 0 Å². The molecule has 116 valence electrons. The SMILES string of the molecule is CC1(n2nnnc2N2CCC(CO)(c3ccccc3)C2)CC1. The average Bonchev–Trinajstić information content (AvgIpc) is 2.99. The molecule has 0 amide bonds. The summed E-state index contributed by atoms with van der Waals surface area (Å²) >= 11 is 0. The van der Waals surface area contributed by atoms with Gasteiger partial charge >= 0.3 is 0 Å². The third kappa shape index (κ3) is 2.01. The highest BCUT2D eigenvalue weighted by molar-refractivity contribution is 5.39. The Balaban J connectivity index is 1.64. The molecule has 1 atom stereocenters. The molecule has 1 saturated heterocycles. The number of aromatic nitrogens is 4. The molecule has 4 rings (SSSR count). The van der Waals surface area contributed by atoms with Crippen molar-refractivity contribution >= 4 is 5.95 Å². The lowest BCUT2D eigenvalue weighted by molar-refractivity contribution is 0.206. The lowest BCUT2D eigenvalue weighted by atomic mass is 9.80. The van der Waals surface area contributed by atoms with Crippen LogP contribution in [-0.4, -0.2) is 45.0 Å². The number of anilines is 1. The summed E-state index contributed by atoms with van der Waals surface area (Å²) in [6.07, 6.45) is 3.17. The molecule has 2 heterocycles. The number of nitrogens with zero attached hydrogens (tertiary/aromatic N) is 5. The van der Waals surface area contributed by atoms with E-state index < -0.39 is 0 Å². The minimum absolute atomic E-state index is 0.0794. The molecule has 2 fully saturated rings. The molecule has 0 spiro atoms. The molecular weight excluding hydrogens is 278 g/mol. The fraction of sp³-hybridized carbons (Fsp3) is 0.562. The molecule has 1 aromatic carbocycles. The predicted molar refractivity (Wildman–Crippen MR) is 82.7 cm³/mol. The number of benzene rings is 1. The zero-order chi connectivity index (χ0) is 15.2. The first-order valence-corrected chi connectivity index (χ1v) is 7.87. The van der Waals surface area contributed by atoms with Crippen LogP contribution in [0.25, 0.3) is 0 Å². The minimum Gasteiger partial charge on any atom is -0.395 e. The van der Waals surface area contributed by atoms with Crippen LogP contribution in [0.1, 0.15) is 31.7 Å². The van der Waals surface area contributed by atoms with E-state index in [1.165, 1.54) is 5.56 Å². The van der Waals surface area contributed by atoms with Gasteiger partial charge in [0, 0.05) is 18.5 Å². The van der Waals surface area contributed by atoms with Crippen molar-refractivity contribution in [3.05, 3.63) is 35.9 Å². The van der Waals surface area contributed by atoms with Gasteiger partial charge in [-0.25, -0.2) is 4.68 Å². The van der Waals surface area contributed by atoms with Crippen LogP contribution in [0.3, 0.4) is 0 Å². The van der Waals surface area contributed by atoms with Gasteiger partial charge in [-0.1, -0.05) is 35.4 Å². The molecule has 1 N–H and O–H groups in total. The fourth-order valence-electron chi connectivity index (χ4n) is 3.41. The Hall–Kier alpha value is -1.95. The Labute approximate surface area is 129 Å². The van der Waals surface area contributed by atoms with Crippen molar-refractivity contribution in [2.45, 2.75) is 37.1 Å². The second-order valence-corrected chi connectivity index (χ2v) is 6.86. The molecule has 1 aliphatic heterocycles. The van der Waals surface area contributed by atoms with E-state index in [4.69, 9.17) is 0 Å². The van der Waals surface area contributed by atoms with Gasteiger partial charge in [0.2, 0.25) is 5.95 Å². The fourth-order valence-corrected chi connectivity index (χ4v) is 3.41. The van der Waals surface area contributed by atoms with Gasteiger partial charge in [0.1, 0.15) is 0 Å². The molecule has 1 aromatic heterocycles. The molecule has 0 bridgehead atoms. The van der Waals surface area contributed by atoms with Gasteiger partial charge < -0.3 is 10.0 Å². The summed E-state index contributed by atoms with van der Waals surface area (Å²) in [5.74, 6) is 0.839. The van der Waals surface area contributed by atoms with Crippen LogP contribution < -0.4 is 4.90 Å². The van der Waals surface area contributed by atoms with Gasteiger partial charge in [0.15, 0.2) is 0 Å². The van der Waals surface area contributed by atoms with Crippen molar-refractivity contribution in [2.75, 3.05) is 24.6 Å². The minimum atomic E-state index is -0.220. The van der Waals surface area contributed by atoms with E-state index in [9.17, 15) is 5.11 Å². The summed E-state index contributed by atoms with van der Waals surface area (Å²) in [5, 5.41) is 22.4. The first-order chi connectivity index (χ1) is 10.7. The maximum absolute atomic E-state index is 10.0. The maximum atomic E-state index is 10.0. The van der Waals surface area contributed by atoms with Crippen LogP contribution in [0.2, 0.25) is 0 Å². The highest BCUT2D eigenvalue weighted by atomic mass is 16.3. The monoisotopic (exact) mass is 299 g/mol. The molecule has 1 aliphatic carbocycles. The largest absolute Gasteiger partial charge is 0.395 e. The summed E-state index contributed by atoms with van der Waals surface area (Å²) in [6.45, 7) is 3.96.